The van der Waals surface area contributed by atoms with Gasteiger partial charge in [0.15, 0.2) is 0 Å². The van der Waals surface area contributed by atoms with Crippen molar-refractivity contribution < 1.29 is 22.0 Å². The zero-order valence-corrected chi connectivity index (χ0v) is 29.1. The van der Waals surface area contributed by atoms with Crippen LogP contribution in [0.3, 0.4) is 0 Å². The highest BCUT2D eigenvalue weighted by Gasteiger charge is 2.27. The van der Waals surface area contributed by atoms with E-state index in [9.17, 15) is 0 Å². The summed E-state index contributed by atoms with van der Waals surface area (Å²) in [4.78, 5) is 2.11. The second-order valence-electron chi connectivity index (χ2n) is 10.9. The smallest absolute Gasteiger partial charge is 0.435 e. The molecule has 0 radical (unpaired) electrons. The van der Waals surface area contributed by atoms with Crippen molar-refractivity contribution in [2.24, 2.45) is 0 Å². The lowest BCUT2D eigenvalue weighted by atomic mass is 10.1. The molecule has 0 saturated carbocycles. The number of hydrogen-bond donors (Lipinski definition) is 0. The SMILES string of the molecule is C=C1/C=C\C=C/P(Oc2ccccc2S(C)(C)c2ccccc2Op2oc(/C=C\C=C/C)cc3ccccc3o2)Oc2ccccc21. The lowest BCUT2D eigenvalue weighted by Crippen LogP contribution is -2.03. The Balaban J connectivity index is 1.36. The van der Waals surface area contributed by atoms with Crippen LogP contribution in [0.5, 0.6) is 17.2 Å². The van der Waals surface area contributed by atoms with Crippen LogP contribution in [0.4, 0.5) is 0 Å². The van der Waals surface area contributed by atoms with Gasteiger partial charge < -0.3 is 22.0 Å². The highest BCUT2D eigenvalue weighted by atomic mass is 32.3. The first-order chi connectivity index (χ1) is 22.9. The molecule has 0 aliphatic carbocycles. The quantitative estimate of drug-likeness (QED) is 0.121. The molecule has 2 unspecified atom stereocenters. The van der Waals surface area contributed by atoms with Crippen molar-refractivity contribution in [2.45, 2.75) is 16.7 Å². The number of benzene rings is 4. The van der Waals surface area contributed by atoms with Crippen LogP contribution in [0.1, 0.15) is 18.2 Å². The van der Waals surface area contributed by atoms with Gasteiger partial charge in [-0.3, -0.25) is 0 Å². The summed E-state index contributed by atoms with van der Waals surface area (Å²) in [5.74, 6) is 4.83. The Hall–Kier alpha value is -4.60. The van der Waals surface area contributed by atoms with Gasteiger partial charge >= 0.3 is 16.6 Å². The van der Waals surface area contributed by atoms with E-state index < -0.39 is 26.6 Å². The molecular weight excluding hydrogens is 642 g/mol. The third-order valence-electron chi connectivity index (χ3n) is 7.33. The Morgan fingerprint density at radius 1 is 0.745 bits per heavy atom. The fourth-order valence-corrected chi connectivity index (χ4v) is 9.56. The minimum absolute atomic E-state index is 0.660. The van der Waals surface area contributed by atoms with Gasteiger partial charge in [0.2, 0.25) is 0 Å². The summed E-state index contributed by atoms with van der Waals surface area (Å²) in [5.41, 5.74) is 2.53. The lowest BCUT2D eigenvalue weighted by molar-refractivity contribution is 0.475. The molecule has 5 nitrogen and oxygen atoms in total. The van der Waals surface area contributed by atoms with Crippen molar-refractivity contribution in [3.05, 3.63) is 163 Å². The first-order valence-corrected chi connectivity index (χ1v) is 19.9. The highest BCUT2D eigenvalue weighted by molar-refractivity contribution is 8.32. The minimum atomic E-state index is -1.81. The van der Waals surface area contributed by atoms with Crippen LogP contribution in [0.2, 0.25) is 0 Å². The van der Waals surface area contributed by atoms with Crippen LogP contribution in [0.25, 0.3) is 22.6 Å². The zero-order valence-electron chi connectivity index (χ0n) is 26.5. The Bertz CT molecular complexity index is 2060. The molecule has 1 aliphatic heterocycles. The van der Waals surface area contributed by atoms with E-state index in [1.165, 1.54) is 0 Å². The molecule has 2 heterocycles. The van der Waals surface area contributed by atoms with Gasteiger partial charge in [0.25, 0.3) is 0 Å². The summed E-state index contributed by atoms with van der Waals surface area (Å²) < 4.78 is 32.4. The van der Waals surface area contributed by atoms with Crippen LogP contribution >= 0.6 is 26.6 Å². The van der Waals surface area contributed by atoms with E-state index in [1.807, 2.05) is 146 Å². The van der Waals surface area contributed by atoms with Crippen LogP contribution in [-0.4, -0.2) is 12.5 Å². The molecule has 0 bridgehead atoms. The first kappa shape index (κ1) is 32.3. The van der Waals surface area contributed by atoms with Gasteiger partial charge in [0, 0.05) is 26.6 Å². The molecule has 6 rings (SSSR count). The van der Waals surface area contributed by atoms with Gasteiger partial charge in [0.05, 0.1) is 0 Å². The van der Waals surface area contributed by atoms with E-state index in [1.54, 1.807) is 0 Å². The summed E-state index contributed by atoms with van der Waals surface area (Å²) >= 11 is 0. The van der Waals surface area contributed by atoms with Crippen molar-refractivity contribution >= 4 is 49.3 Å². The van der Waals surface area contributed by atoms with Gasteiger partial charge in [-0.1, -0.05) is 104 Å². The average Bonchev–Trinajstić information content (AvgIpc) is 3.20. The van der Waals surface area contributed by atoms with Crippen molar-refractivity contribution in [1.29, 1.82) is 0 Å². The largest absolute Gasteiger partial charge is 0.453 e. The average molecular weight is 679 g/mol. The van der Waals surface area contributed by atoms with Crippen molar-refractivity contribution in [1.82, 2.24) is 0 Å². The topological polar surface area (TPSA) is 54.0 Å². The molecule has 0 saturated heterocycles. The van der Waals surface area contributed by atoms with E-state index in [2.05, 4.69) is 31.2 Å². The second kappa shape index (κ2) is 14.9. The van der Waals surface area contributed by atoms with Gasteiger partial charge in [-0.25, -0.2) is 0 Å². The second-order valence-corrected chi connectivity index (χ2v) is 16.6. The molecule has 8 heteroatoms. The number of rotatable bonds is 8. The molecule has 5 aromatic rings. The van der Waals surface area contributed by atoms with Crippen molar-refractivity contribution in [3.8, 4) is 17.2 Å². The molecule has 0 fully saturated rings. The van der Waals surface area contributed by atoms with E-state index in [0.717, 1.165) is 37.8 Å². The van der Waals surface area contributed by atoms with E-state index in [-0.39, 0.29) is 0 Å². The predicted octanol–water partition coefficient (Wildman–Crippen LogP) is 12.9. The summed E-state index contributed by atoms with van der Waals surface area (Å²) in [6.45, 7) is 6.18. The predicted molar refractivity (Wildman–Crippen MR) is 199 cm³/mol. The number of para-hydroxylation sites is 4. The Kier molecular flexibility index (Phi) is 10.2. The molecule has 1 aromatic heterocycles. The number of fused-ring (bicyclic) bond motifs is 2. The summed E-state index contributed by atoms with van der Waals surface area (Å²) in [7, 11) is -4.95. The van der Waals surface area contributed by atoms with Crippen LogP contribution in [0.15, 0.2) is 170 Å². The molecule has 2 atom stereocenters. The lowest BCUT2D eigenvalue weighted by Gasteiger charge is -2.35. The first-order valence-electron chi connectivity index (χ1n) is 15.1. The number of allylic oxidation sites excluding steroid dienone is 7. The fraction of sp³-hybridized carbons (Fsp3) is 0.0769. The van der Waals surface area contributed by atoms with Crippen LogP contribution < -0.4 is 13.6 Å². The van der Waals surface area contributed by atoms with Crippen LogP contribution in [-0.2, 0) is 0 Å². The number of hydrogen-bond acceptors (Lipinski definition) is 5. The third-order valence-corrected chi connectivity index (χ3v) is 12.4. The fourth-order valence-electron chi connectivity index (χ4n) is 4.98. The molecule has 0 spiro atoms. The van der Waals surface area contributed by atoms with Gasteiger partial charge in [-0.05, 0) is 73.5 Å². The standard InChI is InChI=1S/C39H36O5P2S/c1-5-6-7-20-32-29-31-19-8-10-22-34(31)43-46(40-32)44-37-25-13-15-27-39(37)47(3,4)38-26-14-12-24-36(38)42-45-28-17-16-18-30(2)33-21-9-11-23-35(33)41-45/h5-29H,2H2,1,3-4H3/b6-5-,18-16-,20-7-,28-17-. The minimum Gasteiger partial charge on any atom is -0.435 e. The molecule has 1 aliphatic rings. The van der Waals surface area contributed by atoms with Crippen molar-refractivity contribution in [2.75, 3.05) is 12.5 Å². The molecule has 4 aromatic carbocycles. The normalized spacial score (nSPS) is 16.9. The van der Waals surface area contributed by atoms with E-state index >= 15 is 0 Å². The van der Waals surface area contributed by atoms with Gasteiger partial charge in [-0.2, -0.15) is 10.0 Å². The van der Waals surface area contributed by atoms with E-state index in [4.69, 9.17) is 22.0 Å². The summed E-state index contributed by atoms with van der Waals surface area (Å²) in [6, 6.07) is 34.0. The molecule has 0 N–H and O–H groups in total. The van der Waals surface area contributed by atoms with Crippen LogP contribution in [0, 0.1) is 0 Å². The van der Waals surface area contributed by atoms with Gasteiger partial charge in [0.1, 0.15) is 28.6 Å². The molecule has 238 valence electrons. The maximum atomic E-state index is 6.69. The van der Waals surface area contributed by atoms with E-state index in [0.29, 0.717) is 17.1 Å². The monoisotopic (exact) mass is 678 g/mol. The molecule has 47 heavy (non-hydrogen) atoms. The maximum Gasteiger partial charge on any atom is 0.453 e. The Morgan fingerprint density at radius 3 is 2.21 bits per heavy atom. The summed E-state index contributed by atoms with van der Waals surface area (Å²) in [5, 5.41) is 0.928. The maximum absolute atomic E-state index is 6.69. The zero-order chi connectivity index (χ0) is 32.6. The summed E-state index contributed by atoms with van der Waals surface area (Å²) in [6.07, 6.45) is 18.2. The molecular formula is C39H36O5P2S. The Morgan fingerprint density at radius 2 is 1.43 bits per heavy atom. The van der Waals surface area contributed by atoms with Crippen molar-refractivity contribution in [3.63, 3.8) is 0 Å². The molecule has 0 amide bonds. The highest BCUT2D eigenvalue weighted by Crippen LogP contribution is 2.64. The van der Waals surface area contributed by atoms with Gasteiger partial charge in [-0.15, -0.1) is 0 Å². The Labute approximate surface area is 280 Å². The third kappa shape index (κ3) is 7.69.